The summed E-state index contributed by atoms with van der Waals surface area (Å²) < 4.78 is 10.5. The fourth-order valence-electron chi connectivity index (χ4n) is 1.83. The van der Waals surface area contributed by atoms with E-state index in [0.717, 1.165) is 11.8 Å². The molecular weight excluding hydrogens is 270 g/mol. The zero-order chi connectivity index (χ0) is 15.2. The molecule has 1 N–H and O–H groups in total. The first-order chi connectivity index (χ1) is 10.0. The molecule has 0 aliphatic rings. The maximum Gasteiger partial charge on any atom is 0.336 e. The molecule has 0 bridgehead atoms. The topological polar surface area (TPSA) is 68.5 Å². The van der Waals surface area contributed by atoms with E-state index < -0.39 is 5.63 Å². The Balaban J connectivity index is 1.91. The van der Waals surface area contributed by atoms with Crippen molar-refractivity contribution in [3.05, 3.63) is 40.8 Å². The zero-order valence-electron chi connectivity index (χ0n) is 12.2. The van der Waals surface area contributed by atoms with Crippen LogP contribution in [0.1, 0.15) is 20.3 Å². The number of hydrogen-bond donors (Lipinski definition) is 1. The Hall–Kier alpha value is -2.30. The maximum atomic E-state index is 11.6. The normalized spacial score (nSPS) is 10.8. The van der Waals surface area contributed by atoms with E-state index in [1.54, 1.807) is 24.3 Å². The van der Waals surface area contributed by atoms with Gasteiger partial charge in [0, 0.05) is 24.1 Å². The minimum Gasteiger partial charge on any atom is -0.484 e. The van der Waals surface area contributed by atoms with Gasteiger partial charge >= 0.3 is 5.63 Å². The highest BCUT2D eigenvalue weighted by Gasteiger charge is 2.05. The lowest BCUT2D eigenvalue weighted by Gasteiger charge is -2.09. The minimum atomic E-state index is -0.411. The average molecular weight is 289 g/mol. The van der Waals surface area contributed by atoms with Crippen LogP contribution < -0.4 is 15.7 Å². The fraction of sp³-hybridized carbons (Fsp3) is 0.375. The van der Waals surface area contributed by atoms with Gasteiger partial charge in [-0.2, -0.15) is 0 Å². The summed E-state index contributed by atoms with van der Waals surface area (Å²) in [5.74, 6) is 0.885. The van der Waals surface area contributed by atoms with Crippen molar-refractivity contribution in [2.24, 2.45) is 5.92 Å². The number of hydrogen-bond acceptors (Lipinski definition) is 4. The standard InChI is InChI=1S/C16H19NO4/c1-11(2)7-8-17-15(18)10-20-13-5-3-12-4-6-16(19)21-14(12)9-13/h3-6,9,11H,7-8,10H2,1-2H3,(H,17,18). The Morgan fingerprint density at radius 3 is 2.81 bits per heavy atom. The maximum absolute atomic E-state index is 11.6. The van der Waals surface area contributed by atoms with E-state index in [2.05, 4.69) is 19.2 Å². The van der Waals surface area contributed by atoms with Crippen molar-refractivity contribution in [2.45, 2.75) is 20.3 Å². The highest BCUT2D eigenvalue weighted by Crippen LogP contribution is 2.19. The molecule has 2 rings (SSSR count). The smallest absolute Gasteiger partial charge is 0.336 e. The molecule has 0 unspecified atom stereocenters. The van der Waals surface area contributed by atoms with E-state index in [9.17, 15) is 9.59 Å². The first-order valence-electron chi connectivity index (χ1n) is 6.98. The number of fused-ring (bicyclic) bond motifs is 1. The highest BCUT2D eigenvalue weighted by molar-refractivity contribution is 5.79. The summed E-state index contributed by atoms with van der Waals surface area (Å²) in [7, 11) is 0. The number of ether oxygens (including phenoxy) is 1. The third-order valence-corrected chi connectivity index (χ3v) is 3.01. The van der Waals surface area contributed by atoms with Crippen LogP contribution in [0.15, 0.2) is 39.5 Å². The van der Waals surface area contributed by atoms with Gasteiger partial charge in [-0.05, 0) is 30.5 Å². The largest absolute Gasteiger partial charge is 0.484 e. The second-order valence-corrected chi connectivity index (χ2v) is 5.28. The Morgan fingerprint density at radius 2 is 2.05 bits per heavy atom. The number of benzene rings is 1. The molecule has 0 radical (unpaired) electrons. The molecule has 2 aromatic rings. The molecule has 1 aromatic carbocycles. The molecule has 21 heavy (non-hydrogen) atoms. The van der Waals surface area contributed by atoms with Gasteiger partial charge in [0.05, 0.1) is 0 Å². The van der Waals surface area contributed by atoms with Crippen LogP contribution in [0.25, 0.3) is 11.0 Å². The lowest BCUT2D eigenvalue weighted by molar-refractivity contribution is -0.123. The van der Waals surface area contributed by atoms with Crippen LogP contribution in [-0.2, 0) is 4.79 Å². The van der Waals surface area contributed by atoms with Crippen LogP contribution in [-0.4, -0.2) is 19.1 Å². The van der Waals surface area contributed by atoms with E-state index in [4.69, 9.17) is 9.15 Å². The van der Waals surface area contributed by atoms with Gasteiger partial charge in [0.15, 0.2) is 6.61 Å². The molecule has 0 saturated carbocycles. The van der Waals surface area contributed by atoms with E-state index in [1.165, 1.54) is 6.07 Å². The lowest BCUT2D eigenvalue weighted by atomic mass is 10.1. The summed E-state index contributed by atoms with van der Waals surface area (Å²) in [5, 5.41) is 3.60. The second kappa shape index (κ2) is 6.92. The quantitative estimate of drug-likeness (QED) is 0.829. The molecule has 1 aromatic heterocycles. The van der Waals surface area contributed by atoms with Gasteiger partial charge in [0.25, 0.3) is 5.91 Å². The summed E-state index contributed by atoms with van der Waals surface area (Å²) in [6, 6.07) is 8.18. The van der Waals surface area contributed by atoms with Crippen molar-refractivity contribution in [2.75, 3.05) is 13.2 Å². The van der Waals surface area contributed by atoms with E-state index in [0.29, 0.717) is 23.8 Å². The van der Waals surface area contributed by atoms with E-state index >= 15 is 0 Å². The molecular formula is C16H19NO4. The number of nitrogens with one attached hydrogen (secondary N) is 1. The van der Waals surface area contributed by atoms with Crippen LogP contribution in [0, 0.1) is 5.92 Å². The lowest BCUT2D eigenvalue weighted by Crippen LogP contribution is -2.30. The van der Waals surface area contributed by atoms with Gasteiger partial charge in [-0.15, -0.1) is 0 Å². The predicted molar refractivity (Wildman–Crippen MR) is 80.4 cm³/mol. The van der Waals surface area contributed by atoms with Gasteiger partial charge in [-0.1, -0.05) is 13.8 Å². The predicted octanol–water partition coefficient (Wildman–Crippen LogP) is 2.33. The van der Waals surface area contributed by atoms with Gasteiger partial charge in [0.1, 0.15) is 11.3 Å². The van der Waals surface area contributed by atoms with E-state index in [-0.39, 0.29) is 12.5 Å². The van der Waals surface area contributed by atoms with Crippen molar-refractivity contribution < 1.29 is 13.9 Å². The van der Waals surface area contributed by atoms with Crippen molar-refractivity contribution in [3.63, 3.8) is 0 Å². The third-order valence-electron chi connectivity index (χ3n) is 3.01. The Morgan fingerprint density at radius 1 is 1.29 bits per heavy atom. The minimum absolute atomic E-state index is 0.0549. The van der Waals surface area contributed by atoms with Crippen molar-refractivity contribution >= 4 is 16.9 Å². The molecule has 1 heterocycles. The molecule has 0 fully saturated rings. The molecule has 5 nitrogen and oxygen atoms in total. The van der Waals surface area contributed by atoms with Crippen LogP contribution in [0.4, 0.5) is 0 Å². The van der Waals surface area contributed by atoms with Gasteiger partial charge in [0.2, 0.25) is 0 Å². The summed E-state index contributed by atoms with van der Waals surface area (Å²) in [5.41, 5.74) is 0.0336. The van der Waals surface area contributed by atoms with Crippen molar-refractivity contribution in [1.29, 1.82) is 0 Å². The summed E-state index contributed by atoms with van der Waals surface area (Å²) in [6.07, 6.45) is 0.937. The summed E-state index contributed by atoms with van der Waals surface area (Å²) in [4.78, 5) is 22.8. The SMILES string of the molecule is CC(C)CCNC(=O)COc1ccc2ccc(=O)oc2c1. The molecule has 0 aliphatic heterocycles. The fourth-order valence-corrected chi connectivity index (χ4v) is 1.83. The van der Waals surface area contributed by atoms with Crippen LogP contribution in [0.5, 0.6) is 5.75 Å². The Kier molecular flexibility index (Phi) is 4.98. The van der Waals surface area contributed by atoms with Crippen molar-refractivity contribution in [3.8, 4) is 5.75 Å². The average Bonchev–Trinajstić information content (AvgIpc) is 2.44. The summed E-state index contributed by atoms with van der Waals surface area (Å²) in [6.45, 7) is 4.80. The monoisotopic (exact) mass is 289 g/mol. The molecule has 5 heteroatoms. The molecule has 0 aliphatic carbocycles. The molecule has 1 amide bonds. The second-order valence-electron chi connectivity index (χ2n) is 5.28. The van der Waals surface area contributed by atoms with Crippen molar-refractivity contribution in [1.82, 2.24) is 5.32 Å². The number of rotatable bonds is 6. The molecule has 0 saturated heterocycles. The van der Waals surface area contributed by atoms with Crippen LogP contribution in [0.3, 0.4) is 0 Å². The Labute approximate surface area is 122 Å². The van der Waals surface area contributed by atoms with E-state index in [1.807, 2.05) is 0 Å². The first kappa shape index (κ1) is 15.1. The number of carbonyl (C=O) groups excluding carboxylic acids is 1. The number of amides is 1. The van der Waals surface area contributed by atoms with Crippen LogP contribution >= 0.6 is 0 Å². The third kappa shape index (κ3) is 4.63. The zero-order valence-corrected chi connectivity index (χ0v) is 12.2. The summed E-state index contributed by atoms with van der Waals surface area (Å²) >= 11 is 0. The van der Waals surface area contributed by atoms with Gasteiger partial charge in [-0.3, -0.25) is 4.79 Å². The molecule has 0 spiro atoms. The number of carbonyl (C=O) groups is 1. The van der Waals surface area contributed by atoms with Crippen LogP contribution in [0.2, 0.25) is 0 Å². The first-order valence-corrected chi connectivity index (χ1v) is 6.98. The molecule has 0 atom stereocenters. The Bertz CT molecular complexity index is 675. The van der Waals surface area contributed by atoms with Gasteiger partial charge < -0.3 is 14.5 Å². The highest BCUT2D eigenvalue weighted by atomic mass is 16.5. The van der Waals surface area contributed by atoms with Gasteiger partial charge in [-0.25, -0.2) is 4.79 Å². The molecule has 112 valence electrons.